The first-order valence-corrected chi connectivity index (χ1v) is 6.92. The van der Waals surface area contributed by atoms with Gasteiger partial charge in [-0.15, -0.1) is 0 Å². The minimum Gasteiger partial charge on any atom is -0.287 e. The van der Waals surface area contributed by atoms with Crippen molar-refractivity contribution in [2.75, 3.05) is 6.54 Å². The summed E-state index contributed by atoms with van der Waals surface area (Å²) in [5.41, 5.74) is 0.467. The van der Waals surface area contributed by atoms with Crippen LogP contribution < -0.4 is 0 Å². The third-order valence-electron chi connectivity index (χ3n) is 3.35. The molecule has 1 aliphatic rings. The quantitative estimate of drug-likeness (QED) is 0.941. The molecule has 0 aliphatic carbocycles. The number of likely N-dealkylation sites (tertiary alicyclic amines) is 1. The van der Waals surface area contributed by atoms with Crippen LogP contribution in [0.2, 0.25) is 0 Å². The fourth-order valence-electron chi connectivity index (χ4n) is 2.45. The third kappa shape index (κ3) is 2.66. The molecule has 1 saturated heterocycles. The molecule has 19 heavy (non-hydrogen) atoms. The van der Waals surface area contributed by atoms with E-state index in [0.29, 0.717) is 16.7 Å². The predicted octanol–water partition coefficient (Wildman–Crippen LogP) is 2.44. The van der Waals surface area contributed by atoms with E-state index in [4.69, 9.17) is 0 Å². The van der Waals surface area contributed by atoms with E-state index in [9.17, 15) is 4.39 Å². The van der Waals surface area contributed by atoms with Crippen molar-refractivity contribution < 1.29 is 4.39 Å². The predicted molar refractivity (Wildman–Crippen MR) is 70.7 cm³/mol. The average molecular weight is 326 g/mol. The topological polar surface area (TPSA) is 57.7 Å². The number of pyridine rings is 1. The Morgan fingerprint density at radius 3 is 3.11 bits per heavy atom. The molecule has 0 unspecified atom stereocenters. The second-order valence-electron chi connectivity index (χ2n) is 4.58. The van der Waals surface area contributed by atoms with Gasteiger partial charge in [-0.2, -0.15) is 5.10 Å². The molecular formula is C12H13BrFN5. The molecule has 3 heterocycles. The van der Waals surface area contributed by atoms with E-state index in [1.54, 1.807) is 6.20 Å². The molecule has 0 bridgehead atoms. The zero-order valence-corrected chi connectivity index (χ0v) is 11.8. The lowest BCUT2D eigenvalue weighted by Crippen LogP contribution is -2.24. The molecule has 3 rings (SSSR count). The molecule has 1 atom stereocenters. The van der Waals surface area contributed by atoms with Crippen LogP contribution in [0.15, 0.2) is 23.1 Å². The van der Waals surface area contributed by atoms with Gasteiger partial charge in [-0.1, -0.05) is 0 Å². The molecule has 0 saturated carbocycles. The van der Waals surface area contributed by atoms with E-state index < -0.39 is 0 Å². The monoisotopic (exact) mass is 325 g/mol. The number of H-pyrrole nitrogens is 1. The lowest BCUT2D eigenvalue weighted by atomic mass is 10.2. The average Bonchev–Trinajstić information content (AvgIpc) is 3.03. The van der Waals surface area contributed by atoms with Crippen molar-refractivity contribution in [3.8, 4) is 0 Å². The molecule has 2 aromatic heterocycles. The summed E-state index contributed by atoms with van der Waals surface area (Å²) in [5, 5.41) is 6.77. The number of rotatable bonds is 3. The van der Waals surface area contributed by atoms with Gasteiger partial charge in [0.05, 0.1) is 11.7 Å². The summed E-state index contributed by atoms with van der Waals surface area (Å²) in [6, 6.07) is 1.62. The lowest BCUT2D eigenvalue weighted by molar-refractivity contribution is 0.233. The number of hydrogen-bond acceptors (Lipinski definition) is 4. The second-order valence-corrected chi connectivity index (χ2v) is 5.50. The van der Waals surface area contributed by atoms with E-state index in [2.05, 4.69) is 41.0 Å². The summed E-state index contributed by atoms with van der Waals surface area (Å²) >= 11 is 3.21. The van der Waals surface area contributed by atoms with E-state index in [1.165, 1.54) is 12.4 Å². The highest BCUT2D eigenvalue weighted by Gasteiger charge is 2.29. The highest BCUT2D eigenvalue weighted by Crippen LogP contribution is 2.31. The smallest absolute Gasteiger partial charge is 0.147 e. The molecule has 2 aromatic rings. The zero-order valence-electron chi connectivity index (χ0n) is 10.2. The first kappa shape index (κ1) is 12.7. The van der Waals surface area contributed by atoms with E-state index >= 15 is 0 Å². The van der Waals surface area contributed by atoms with Gasteiger partial charge in [0.2, 0.25) is 0 Å². The SMILES string of the molecule is Fc1cc(Br)cnc1CN1CCC[C@H]1c1ncn[nH]1. The van der Waals surface area contributed by atoms with Gasteiger partial charge in [0.15, 0.2) is 0 Å². The molecule has 0 radical (unpaired) electrons. The maximum atomic E-state index is 13.8. The van der Waals surface area contributed by atoms with Gasteiger partial charge < -0.3 is 0 Å². The molecule has 100 valence electrons. The van der Waals surface area contributed by atoms with Crippen LogP contribution in [0.4, 0.5) is 4.39 Å². The van der Waals surface area contributed by atoms with Crippen molar-refractivity contribution >= 4 is 15.9 Å². The first-order chi connectivity index (χ1) is 9.24. The summed E-state index contributed by atoms with van der Waals surface area (Å²) in [6.07, 6.45) is 5.21. The van der Waals surface area contributed by atoms with Crippen LogP contribution in [0.1, 0.15) is 30.4 Å². The standard InChI is InChI=1S/C12H13BrFN5/c13-8-4-9(14)10(15-5-8)6-19-3-1-2-11(19)12-16-7-17-18-12/h4-5,7,11H,1-3,6H2,(H,16,17,18)/t11-/m0/s1. The normalized spacial score (nSPS) is 20.0. The second kappa shape index (κ2) is 5.34. The summed E-state index contributed by atoms with van der Waals surface area (Å²) in [7, 11) is 0. The van der Waals surface area contributed by atoms with Gasteiger partial charge in [-0.25, -0.2) is 9.37 Å². The molecule has 5 nitrogen and oxygen atoms in total. The van der Waals surface area contributed by atoms with Crippen molar-refractivity contribution in [3.63, 3.8) is 0 Å². The van der Waals surface area contributed by atoms with Crippen molar-refractivity contribution in [1.82, 2.24) is 25.1 Å². The van der Waals surface area contributed by atoms with Crippen molar-refractivity contribution in [2.24, 2.45) is 0 Å². The highest BCUT2D eigenvalue weighted by molar-refractivity contribution is 9.10. The van der Waals surface area contributed by atoms with Crippen LogP contribution in [-0.2, 0) is 6.54 Å². The van der Waals surface area contributed by atoms with Crippen LogP contribution in [0.5, 0.6) is 0 Å². The Morgan fingerprint density at radius 1 is 1.47 bits per heavy atom. The van der Waals surface area contributed by atoms with Crippen molar-refractivity contribution in [1.29, 1.82) is 0 Å². The van der Waals surface area contributed by atoms with Gasteiger partial charge in [0, 0.05) is 17.2 Å². The van der Waals surface area contributed by atoms with E-state index in [0.717, 1.165) is 25.2 Å². The van der Waals surface area contributed by atoms with Crippen LogP contribution >= 0.6 is 15.9 Å². The number of nitrogens with one attached hydrogen (secondary N) is 1. The Labute approximate surface area is 118 Å². The van der Waals surface area contributed by atoms with Crippen molar-refractivity contribution in [2.45, 2.75) is 25.4 Å². The van der Waals surface area contributed by atoms with Crippen LogP contribution in [0.3, 0.4) is 0 Å². The van der Waals surface area contributed by atoms with Crippen LogP contribution in [0.25, 0.3) is 0 Å². The van der Waals surface area contributed by atoms with Crippen LogP contribution in [-0.4, -0.2) is 31.6 Å². The molecular weight excluding hydrogens is 313 g/mol. The molecule has 0 amide bonds. The molecule has 1 N–H and O–H groups in total. The largest absolute Gasteiger partial charge is 0.287 e. The number of nitrogens with zero attached hydrogens (tertiary/aromatic N) is 4. The number of aromatic amines is 1. The minimum atomic E-state index is -0.280. The van der Waals surface area contributed by atoms with Gasteiger partial charge in [0.1, 0.15) is 18.0 Å². The Balaban J connectivity index is 1.78. The molecule has 1 fully saturated rings. The number of halogens is 2. The first-order valence-electron chi connectivity index (χ1n) is 6.13. The molecule has 7 heteroatoms. The summed E-state index contributed by atoms with van der Waals surface area (Å²) in [5.74, 6) is 0.563. The van der Waals surface area contributed by atoms with Crippen LogP contribution in [0, 0.1) is 5.82 Å². The summed E-state index contributed by atoms with van der Waals surface area (Å²) < 4.78 is 14.5. The fraction of sp³-hybridized carbons (Fsp3) is 0.417. The summed E-state index contributed by atoms with van der Waals surface area (Å²) in [6.45, 7) is 1.41. The van der Waals surface area contributed by atoms with Gasteiger partial charge >= 0.3 is 0 Å². The maximum Gasteiger partial charge on any atom is 0.147 e. The maximum absolute atomic E-state index is 13.8. The van der Waals surface area contributed by atoms with Crippen molar-refractivity contribution in [3.05, 3.63) is 40.4 Å². The third-order valence-corrected chi connectivity index (χ3v) is 3.78. The highest BCUT2D eigenvalue weighted by atomic mass is 79.9. The Morgan fingerprint density at radius 2 is 2.37 bits per heavy atom. The van der Waals surface area contributed by atoms with Gasteiger partial charge in [-0.05, 0) is 41.4 Å². The van der Waals surface area contributed by atoms with Gasteiger partial charge in [-0.3, -0.25) is 15.0 Å². The fourth-order valence-corrected chi connectivity index (χ4v) is 2.76. The van der Waals surface area contributed by atoms with Gasteiger partial charge in [0.25, 0.3) is 0 Å². The van der Waals surface area contributed by atoms with E-state index in [-0.39, 0.29) is 11.9 Å². The summed E-state index contributed by atoms with van der Waals surface area (Å²) in [4.78, 5) is 10.5. The molecule has 1 aliphatic heterocycles. The molecule has 0 spiro atoms. The Bertz CT molecular complexity index is 559. The number of hydrogen-bond donors (Lipinski definition) is 1. The number of aromatic nitrogens is 4. The van der Waals surface area contributed by atoms with E-state index in [1.807, 2.05) is 0 Å². The lowest BCUT2D eigenvalue weighted by Gasteiger charge is -2.22. The Kier molecular flexibility index (Phi) is 3.56. The zero-order chi connectivity index (χ0) is 13.2. The minimum absolute atomic E-state index is 0.173. The Hall–Kier alpha value is -1.34. The molecule has 0 aromatic carbocycles.